The van der Waals surface area contributed by atoms with Crippen molar-refractivity contribution in [1.82, 2.24) is 44.3 Å². The molecular weight excluding hydrogens is 392 g/mol. The molecule has 0 spiro atoms. The molecule has 0 N–H and O–H groups in total. The van der Waals surface area contributed by atoms with E-state index in [1.54, 1.807) is 18.6 Å². The summed E-state index contributed by atoms with van der Waals surface area (Å²) in [5, 5.41) is 8.87. The molecule has 4 aromatic heterocycles. The topological polar surface area (TPSA) is 103 Å². The molecular formula is C21H22N10. The van der Waals surface area contributed by atoms with E-state index in [9.17, 15) is 0 Å². The summed E-state index contributed by atoms with van der Waals surface area (Å²) in [6.45, 7) is 4.17. The van der Waals surface area contributed by atoms with Gasteiger partial charge in [-0.25, -0.2) is 19.9 Å². The van der Waals surface area contributed by atoms with E-state index in [-0.39, 0.29) is 6.04 Å². The molecule has 10 heteroatoms. The zero-order valence-corrected chi connectivity index (χ0v) is 17.4. The Balaban J connectivity index is 1.53. The van der Waals surface area contributed by atoms with E-state index in [1.807, 2.05) is 23.9 Å². The highest BCUT2D eigenvalue weighted by atomic mass is 15.4. The van der Waals surface area contributed by atoms with Crippen LogP contribution in [0.2, 0.25) is 0 Å². The van der Waals surface area contributed by atoms with Gasteiger partial charge in [-0.1, -0.05) is 6.92 Å². The highest BCUT2D eigenvalue weighted by Crippen LogP contribution is 2.44. The number of hydrogen-bond donors (Lipinski definition) is 0. The van der Waals surface area contributed by atoms with Gasteiger partial charge in [-0.2, -0.15) is 4.98 Å². The van der Waals surface area contributed by atoms with Gasteiger partial charge in [0.15, 0.2) is 11.6 Å². The number of aromatic nitrogens is 9. The van der Waals surface area contributed by atoms with Crippen LogP contribution in [0.25, 0.3) is 23.0 Å². The van der Waals surface area contributed by atoms with Gasteiger partial charge in [-0.15, -0.1) is 10.2 Å². The maximum atomic E-state index is 5.06. The van der Waals surface area contributed by atoms with Crippen molar-refractivity contribution in [2.75, 3.05) is 4.90 Å². The van der Waals surface area contributed by atoms with Crippen LogP contribution in [0.5, 0.6) is 0 Å². The van der Waals surface area contributed by atoms with Crippen molar-refractivity contribution in [3.8, 4) is 23.0 Å². The summed E-state index contributed by atoms with van der Waals surface area (Å²) in [5.74, 6) is 4.04. The van der Waals surface area contributed by atoms with Crippen molar-refractivity contribution < 1.29 is 0 Å². The first-order valence-corrected chi connectivity index (χ1v) is 10.6. The van der Waals surface area contributed by atoms with Crippen molar-refractivity contribution in [2.24, 2.45) is 0 Å². The second kappa shape index (κ2) is 6.93. The Morgan fingerprint density at radius 2 is 1.90 bits per heavy atom. The zero-order valence-electron chi connectivity index (χ0n) is 17.4. The molecule has 0 saturated heterocycles. The number of hydrogen-bond acceptors (Lipinski definition) is 8. The van der Waals surface area contributed by atoms with Crippen molar-refractivity contribution in [3.05, 3.63) is 49.0 Å². The molecule has 2 aliphatic rings. The summed E-state index contributed by atoms with van der Waals surface area (Å²) in [4.78, 5) is 24.9. The average Bonchev–Trinajstić information content (AvgIpc) is 3.40. The molecule has 1 fully saturated rings. The smallest absolute Gasteiger partial charge is 0.237 e. The summed E-state index contributed by atoms with van der Waals surface area (Å²) < 4.78 is 3.98. The van der Waals surface area contributed by atoms with Crippen LogP contribution in [0.4, 0.5) is 5.82 Å². The molecule has 5 heterocycles. The third kappa shape index (κ3) is 2.67. The van der Waals surface area contributed by atoms with Crippen LogP contribution in [0, 0.1) is 6.92 Å². The van der Waals surface area contributed by atoms with Gasteiger partial charge >= 0.3 is 0 Å². The predicted octanol–water partition coefficient (Wildman–Crippen LogP) is 2.83. The fraction of sp³-hybridized carbons (Fsp3) is 0.381. The van der Waals surface area contributed by atoms with Gasteiger partial charge in [0.25, 0.3) is 0 Å². The largest absolute Gasteiger partial charge is 0.341 e. The Labute approximate surface area is 179 Å². The van der Waals surface area contributed by atoms with Gasteiger partial charge in [-0.3, -0.25) is 9.13 Å². The SMILES string of the molecule is CC[C@@H]1c2nnc(C)n2-c2cnc(-n3ccnc3-c3cncnc3)nc2N1C1CCC1. The van der Waals surface area contributed by atoms with E-state index in [0.29, 0.717) is 17.8 Å². The summed E-state index contributed by atoms with van der Waals surface area (Å²) >= 11 is 0. The standard InChI is InChI=1S/C21H22N10/c1-3-16-20-28-27-13(2)30(20)17-11-25-21(26-19(17)31(16)15-5-4-6-15)29-8-7-24-18(29)14-9-22-12-23-10-14/h7-12,15-16H,3-6H2,1-2H3/t16-/m1/s1. The van der Waals surface area contributed by atoms with Gasteiger partial charge < -0.3 is 4.90 Å². The van der Waals surface area contributed by atoms with Crippen molar-refractivity contribution in [1.29, 1.82) is 0 Å². The van der Waals surface area contributed by atoms with Crippen molar-refractivity contribution in [3.63, 3.8) is 0 Å². The molecule has 4 aromatic rings. The molecule has 0 bridgehead atoms. The molecule has 6 rings (SSSR count). The average molecular weight is 414 g/mol. The summed E-state index contributed by atoms with van der Waals surface area (Å²) in [6, 6.07) is 0.605. The number of fused-ring (bicyclic) bond motifs is 3. The first-order valence-electron chi connectivity index (χ1n) is 10.6. The second-order valence-electron chi connectivity index (χ2n) is 7.98. The Bertz CT molecular complexity index is 1240. The quantitative estimate of drug-likeness (QED) is 0.502. The number of imidazole rings is 1. The van der Waals surface area contributed by atoms with Crippen LogP contribution < -0.4 is 4.90 Å². The molecule has 10 nitrogen and oxygen atoms in total. The van der Waals surface area contributed by atoms with Crippen LogP contribution in [0.3, 0.4) is 0 Å². The Morgan fingerprint density at radius 3 is 2.65 bits per heavy atom. The van der Waals surface area contributed by atoms with E-state index in [0.717, 1.165) is 35.1 Å². The molecule has 0 unspecified atom stereocenters. The lowest BCUT2D eigenvalue weighted by Gasteiger charge is -2.45. The van der Waals surface area contributed by atoms with Gasteiger partial charge in [0.2, 0.25) is 5.95 Å². The lowest BCUT2D eigenvalue weighted by atomic mass is 9.89. The van der Waals surface area contributed by atoms with E-state index in [1.165, 1.54) is 25.6 Å². The molecule has 1 saturated carbocycles. The van der Waals surface area contributed by atoms with E-state index >= 15 is 0 Å². The third-order valence-electron chi connectivity index (χ3n) is 6.24. The van der Waals surface area contributed by atoms with Gasteiger partial charge in [0.05, 0.1) is 17.8 Å². The van der Waals surface area contributed by atoms with Crippen LogP contribution in [-0.2, 0) is 0 Å². The third-order valence-corrected chi connectivity index (χ3v) is 6.24. The Hall–Kier alpha value is -3.69. The first-order chi connectivity index (χ1) is 15.3. The fourth-order valence-electron chi connectivity index (χ4n) is 4.55. The van der Waals surface area contributed by atoms with Crippen molar-refractivity contribution >= 4 is 5.82 Å². The molecule has 31 heavy (non-hydrogen) atoms. The monoisotopic (exact) mass is 414 g/mol. The Morgan fingerprint density at radius 1 is 1.06 bits per heavy atom. The normalized spacial score (nSPS) is 17.9. The molecule has 0 amide bonds. The maximum absolute atomic E-state index is 5.06. The minimum absolute atomic E-state index is 0.145. The van der Waals surface area contributed by atoms with Gasteiger partial charge in [-0.05, 0) is 32.6 Å². The summed E-state index contributed by atoms with van der Waals surface area (Å²) in [7, 11) is 0. The number of nitrogens with zero attached hydrogens (tertiary/aromatic N) is 10. The maximum Gasteiger partial charge on any atom is 0.237 e. The van der Waals surface area contributed by atoms with Crippen LogP contribution in [0.1, 0.15) is 50.3 Å². The number of aryl methyl sites for hydroxylation is 1. The number of rotatable bonds is 4. The number of anilines is 1. The summed E-state index contributed by atoms with van der Waals surface area (Å²) in [5.41, 5.74) is 1.75. The summed E-state index contributed by atoms with van der Waals surface area (Å²) in [6.07, 6.45) is 15.0. The Kier molecular flexibility index (Phi) is 4.05. The van der Waals surface area contributed by atoms with E-state index < -0.39 is 0 Å². The lowest BCUT2D eigenvalue weighted by molar-refractivity contribution is 0.341. The van der Waals surface area contributed by atoms with Crippen molar-refractivity contribution in [2.45, 2.75) is 51.6 Å². The van der Waals surface area contributed by atoms with Gasteiger partial charge in [0, 0.05) is 30.8 Å². The molecule has 1 aliphatic heterocycles. The first kappa shape index (κ1) is 18.1. The highest BCUT2D eigenvalue weighted by Gasteiger charge is 2.40. The minimum Gasteiger partial charge on any atom is -0.341 e. The molecule has 0 aromatic carbocycles. The highest BCUT2D eigenvalue weighted by molar-refractivity contribution is 5.64. The second-order valence-corrected chi connectivity index (χ2v) is 7.98. The molecule has 1 aliphatic carbocycles. The zero-order chi connectivity index (χ0) is 20.9. The van der Waals surface area contributed by atoms with Gasteiger partial charge in [0.1, 0.15) is 23.7 Å². The molecule has 156 valence electrons. The van der Waals surface area contributed by atoms with E-state index in [4.69, 9.17) is 9.97 Å². The molecule has 0 radical (unpaired) electrons. The van der Waals surface area contributed by atoms with Crippen LogP contribution in [0.15, 0.2) is 37.3 Å². The molecule has 1 atom stereocenters. The predicted molar refractivity (Wildman–Crippen MR) is 113 cm³/mol. The minimum atomic E-state index is 0.145. The lowest BCUT2D eigenvalue weighted by Crippen LogP contribution is -2.46. The fourth-order valence-corrected chi connectivity index (χ4v) is 4.55. The van der Waals surface area contributed by atoms with Crippen LogP contribution in [-0.4, -0.2) is 50.3 Å². The van der Waals surface area contributed by atoms with E-state index in [2.05, 4.69) is 41.5 Å². The van der Waals surface area contributed by atoms with Crippen LogP contribution >= 0.6 is 0 Å².